The summed E-state index contributed by atoms with van der Waals surface area (Å²) in [6.45, 7) is 2.04. The van der Waals surface area contributed by atoms with Crippen LogP contribution < -0.4 is 5.32 Å². The van der Waals surface area contributed by atoms with Crippen LogP contribution in [0.1, 0.15) is 12.7 Å². The molecule has 0 aliphatic carbocycles. The highest BCUT2D eigenvalue weighted by atomic mass is 127. The number of rotatable bonds is 3. The lowest BCUT2D eigenvalue weighted by atomic mass is 10.3. The summed E-state index contributed by atoms with van der Waals surface area (Å²) in [6.07, 6.45) is 0.820. The van der Waals surface area contributed by atoms with Gasteiger partial charge in [-0.2, -0.15) is 0 Å². The van der Waals surface area contributed by atoms with E-state index in [2.05, 4.69) is 65.9 Å². The van der Waals surface area contributed by atoms with Crippen molar-refractivity contribution in [3.8, 4) is 0 Å². The predicted octanol–water partition coefficient (Wildman–Crippen LogP) is 4.15. The normalized spacial score (nSPS) is 10.3. The Balaban J connectivity index is 2.26. The van der Waals surface area contributed by atoms with Crippen LogP contribution in [0, 0.1) is 3.57 Å². The van der Waals surface area contributed by atoms with Gasteiger partial charge in [-0.1, -0.05) is 13.0 Å². The number of aromatic nitrogens is 2. The molecule has 2 rings (SSSR count). The summed E-state index contributed by atoms with van der Waals surface area (Å²) in [5.74, 6) is 1.64. The van der Waals surface area contributed by atoms with Crippen LogP contribution in [0.15, 0.2) is 34.9 Å². The van der Waals surface area contributed by atoms with Crippen LogP contribution in [-0.2, 0) is 6.42 Å². The molecule has 0 radical (unpaired) electrons. The maximum Gasteiger partial charge on any atom is 0.135 e. The molecule has 0 fully saturated rings. The highest BCUT2D eigenvalue weighted by Gasteiger charge is 2.02. The first-order valence-electron chi connectivity index (χ1n) is 5.23. The van der Waals surface area contributed by atoms with Gasteiger partial charge in [0.15, 0.2) is 0 Å². The van der Waals surface area contributed by atoms with Crippen LogP contribution in [-0.4, -0.2) is 9.97 Å². The third-order valence-corrected chi connectivity index (χ3v) is 3.23. The van der Waals surface area contributed by atoms with Gasteiger partial charge in [-0.3, -0.25) is 0 Å². The van der Waals surface area contributed by atoms with Crippen LogP contribution >= 0.6 is 38.5 Å². The first-order chi connectivity index (χ1) is 8.17. The highest BCUT2D eigenvalue weighted by Crippen LogP contribution is 2.19. The average molecular weight is 404 g/mol. The average Bonchev–Trinajstić information content (AvgIpc) is 2.28. The fourth-order valence-corrected chi connectivity index (χ4v) is 2.37. The topological polar surface area (TPSA) is 37.8 Å². The van der Waals surface area contributed by atoms with E-state index in [0.717, 1.165) is 28.4 Å². The molecule has 0 unspecified atom stereocenters. The summed E-state index contributed by atoms with van der Waals surface area (Å²) in [5, 5.41) is 3.27. The number of benzene rings is 1. The minimum absolute atomic E-state index is 0.803. The molecule has 0 bridgehead atoms. The maximum atomic E-state index is 4.42. The molecular weight excluding hydrogens is 393 g/mol. The van der Waals surface area contributed by atoms with Gasteiger partial charge in [0.05, 0.1) is 0 Å². The summed E-state index contributed by atoms with van der Waals surface area (Å²) in [7, 11) is 0. The molecule has 1 N–H and O–H groups in total. The third kappa shape index (κ3) is 3.64. The third-order valence-electron chi connectivity index (χ3n) is 2.15. The molecule has 1 heterocycles. The summed E-state index contributed by atoms with van der Waals surface area (Å²) < 4.78 is 1.99. The quantitative estimate of drug-likeness (QED) is 0.617. The molecule has 1 aromatic heterocycles. The zero-order valence-electron chi connectivity index (χ0n) is 9.24. The van der Waals surface area contributed by atoms with Crippen molar-refractivity contribution in [2.75, 3.05) is 5.32 Å². The van der Waals surface area contributed by atoms with Gasteiger partial charge in [-0.15, -0.1) is 0 Å². The smallest absolute Gasteiger partial charge is 0.135 e. The second-order valence-electron chi connectivity index (χ2n) is 3.48. The van der Waals surface area contributed by atoms with Crippen molar-refractivity contribution in [2.45, 2.75) is 13.3 Å². The molecule has 88 valence electrons. The van der Waals surface area contributed by atoms with E-state index in [-0.39, 0.29) is 0 Å². The zero-order chi connectivity index (χ0) is 12.3. The standard InChI is InChI=1S/C12H11BrIN3/c1-2-11-16-10(13)7-12(17-11)15-9-5-3-4-8(14)6-9/h3-7H,2H2,1H3,(H,15,16,17). The van der Waals surface area contributed by atoms with Crippen molar-refractivity contribution in [1.82, 2.24) is 9.97 Å². The lowest BCUT2D eigenvalue weighted by molar-refractivity contribution is 0.931. The number of anilines is 2. The largest absolute Gasteiger partial charge is 0.340 e. The molecule has 3 nitrogen and oxygen atoms in total. The van der Waals surface area contributed by atoms with Crippen molar-refractivity contribution in [3.05, 3.63) is 44.3 Å². The second-order valence-corrected chi connectivity index (χ2v) is 5.54. The summed E-state index contributed by atoms with van der Waals surface area (Å²) >= 11 is 5.68. The van der Waals surface area contributed by atoms with Crippen molar-refractivity contribution in [3.63, 3.8) is 0 Å². The van der Waals surface area contributed by atoms with E-state index in [1.54, 1.807) is 0 Å². The first-order valence-corrected chi connectivity index (χ1v) is 7.10. The van der Waals surface area contributed by atoms with Gasteiger partial charge in [0.2, 0.25) is 0 Å². The minimum atomic E-state index is 0.803. The number of hydrogen-bond donors (Lipinski definition) is 1. The Labute approximate surface area is 122 Å². The van der Waals surface area contributed by atoms with E-state index in [1.807, 2.05) is 25.1 Å². The number of nitrogens with zero attached hydrogens (tertiary/aromatic N) is 2. The Bertz CT molecular complexity index is 531. The SMILES string of the molecule is CCc1nc(Br)cc(Nc2cccc(I)c2)n1. The zero-order valence-corrected chi connectivity index (χ0v) is 13.0. The maximum absolute atomic E-state index is 4.42. The Morgan fingerprint density at radius 3 is 2.82 bits per heavy atom. The van der Waals surface area contributed by atoms with E-state index < -0.39 is 0 Å². The van der Waals surface area contributed by atoms with Crippen LogP contribution in [0.25, 0.3) is 0 Å². The molecule has 1 aromatic carbocycles. The summed E-state index contributed by atoms with van der Waals surface area (Å²) in [5.41, 5.74) is 1.03. The molecular formula is C12H11BrIN3. The monoisotopic (exact) mass is 403 g/mol. The Kier molecular flexibility index (Phi) is 4.33. The summed E-state index contributed by atoms with van der Waals surface area (Å²) in [6, 6.07) is 10.0. The van der Waals surface area contributed by atoms with Gasteiger partial charge >= 0.3 is 0 Å². The van der Waals surface area contributed by atoms with E-state index in [9.17, 15) is 0 Å². The first kappa shape index (κ1) is 12.8. The fraction of sp³-hybridized carbons (Fsp3) is 0.167. The Morgan fingerprint density at radius 1 is 1.29 bits per heavy atom. The molecule has 17 heavy (non-hydrogen) atoms. The minimum Gasteiger partial charge on any atom is -0.340 e. The highest BCUT2D eigenvalue weighted by molar-refractivity contribution is 14.1. The molecule has 5 heteroatoms. The molecule has 0 amide bonds. The van der Waals surface area contributed by atoms with Crippen molar-refractivity contribution in [1.29, 1.82) is 0 Å². The molecule has 0 saturated carbocycles. The van der Waals surface area contributed by atoms with Gasteiger partial charge in [0.25, 0.3) is 0 Å². The van der Waals surface area contributed by atoms with E-state index in [4.69, 9.17) is 0 Å². The predicted molar refractivity (Wildman–Crippen MR) is 81.6 cm³/mol. The van der Waals surface area contributed by atoms with Crippen LogP contribution in [0.5, 0.6) is 0 Å². The van der Waals surface area contributed by atoms with E-state index in [0.29, 0.717) is 0 Å². The van der Waals surface area contributed by atoms with E-state index in [1.165, 1.54) is 3.57 Å². The van der Waals surface area contributed by atoms with Gasteiger partial charge in [0.1, 0.15) is 16.2 Å². The van der Waals surface area contributed by atoms with Crippen molar-refractivity contribution >= 4 is 50.0 Å². The Morgan fingerprint density at radius 2 is 2.12 bits per heavy atom. The van der Waals surface area contributed by atoms with Crippen LogP contribution in [0.3, 0.4) is 0 Å². The lowest BCUT2D eigenvalue weighted by Gasteiger charge is -2.07. The number of nitrogens with one attached hydrogen (secondary N) is 1. The van der Waals surface area contributed by atoms with E-state index >= 15 is 0 Å². The van der Waals surface area contributed by atoms with Gasteiger partial charge in [-0.25, -0.2) is 9.97 Å². The molecule has 0 saturated heterocycles. The number of aryl methyl sites for hydroxylation is 1. The summed E-state index contributed by atoms with van der Waals surface area (Å²) in [4.78, 5) is 8.70. The lowest BCUT2D eigenvalue weighted by Crippen LogP contribution is -1.99. The molecule has 2 aromatic rings. The molecule has 0 aliphatic rings. The van der Waals surface area contributed by atoms with Crippen LogP contribution in [0.2, 0.25) is 0 Å². The van der Waals surface area contributed by atoms with Gasteiger partial charge in [0, 0.05) is 21.7 Å². The van der Waals surface area contributed by atoms with Gasteiger partial charge in [-0.05, 0) is 56.7 Å². The van der Waals surface area contributed by atoms with Crippen molar-refractivity contribution in [2.24, 2.45) is 0 Å². The second kappa shape index (κ2) is 5.77. The Hall–Kier alpha value is -0.690. The molecule has 0 aliphatic heterocycles. The molecule has 0 atom stereocenters. The number of hydrogen-bond acceptors (Lipinski definition) is 3. The molecule has 0 spiro atoms. The number of halogens is 2. The van der Waals surface area contributed by atoms with Gasteiger partial charge < -0.3 is 5.32 Å². The van der Waals surface area contributed by atoms with Crippen molar-refractivity contribution < 1.29 is 0 Å². The fourth-order valence-electron chi connectivity index (χ4n) is 1.40. The van der Waals surface area contributed by atoms with Crippen LogP contribution in [0.4, 0.5) is 11.5 Å².